The van der Waals surface area contributed by atoms with E-state index in [9.17, 15) is 9.90 Å². The minimum Gasteiger partial charge on any atom is -0.489 e. The van der Waals surface area contributed by atoms with Gasteiger partial charge in [-0.05, 0) is 39.1 Å². The van der Waals surface area contributed by atoms with Crippen molar-refractivity contribution in [2.75, 3.05) is 32.6 Å². The van der Waals surface area contributed by atoms with Crippen LogP contribution in [0.15, 0.2) is 18.2 Å². The normalized spacial score (nSPS) is 12.1. The maximum absolute atomic E-state index is 10.8. The van der Waals surface area contributed by atoms with Crippen LogP contribution in [-0.4, -0.2) is 50.8 Å². The highest BCUT2D eigenvalue weighted by atomic mass is 16.5. The number of nitrogens with zero attached hydrogens (tertiary/aromatic N) is 1. The van der Waals surface area contributed by atoms with Gasteiger partial charge in [0.2, 0.25) is 0 Å². The van der Waals surface area contributed by atoms with Gasteiger partial charge in [0.25, 0.3) is 0 Å². The molecule has 2 N–H and O–H groups in total. The Morgan fingerprint density at radius 2 is 2.14 bits per heavy atom. The van der Waals surface area contributed by atoms with Gasteiger partial charge >= 0.3 is 0 Å². The monoisotopic (exact) mass is 304 g/mol. The Balaban J connectivity index is 2.99. The van der Waals surface area contributed by atoms with Crippen molar-refractivity contribution in [3.63, 3.8) is 0 Å². The Labute approximate surface area is 132 Å². The van der Waals surface area contributed by atoms with Crippen molar-refractivity contribution in [2.24, 2.45) is 0 Å². The van der Waals surface area contributed by atoms with Crippen molar-refractivity contribution in [3.8, 4) is 17.6 Å². The molecule has 120 valence electrons. The van der Waals surface area contributed by atoms with E-state index in [0.717, 1.165) is 17.5 Å². The number of rotatable bonds is 6. The number of carbonyl (C=O) groups is 1. The summed E-state index contributed by atoms with van der Waals surface area (Å²) in [5.41, 5.74) is 0.624. The van der Waals surface area contributed by atoms with Crippen LogP contribution in [0, 0.1) is 11.8 Å². The van der Waals surface area contributed by atoms with Crippen LogP contribution < -0.4 is 15.0 Å². The number of benzene rings is 1. The first-order valence-corrected chi connectivity index (χ1v) is 7.09. The van der Waals surface area contributed by atoms with Gasteiger partial charge in [-0.15, -0.1) is 0 Å². The van der Waals surface area contributed by atoms with Gasteiger partial charge in [0.15, 0.2) is 0 Å². The Morgan fingerprint density at radius 1 is 1.45 bits per heavy atom. The van der Waals surface area contributed by atoms with Gasteiger partial charge in [-0.1, -0.05) is 11.8 Å². The number of hydrogen-bond donors (Lipinski definition) is 2. The molecular weight excluding hydrogens is 280 g/mol. The molecule has 5 heteroatoms. The molecule has 1 rings (SSSR count). The van der Waals surface area contributed by atoms with Crippen molar-refractivity contribution >= 4 is 12.0 Å². The Morgan fingerprint density at radius 3 is 2.64 bits per heavy atom. The molecule has 0 saturated heterocycles. The van der Waals surface area contributed by atoms with Gasteiger partial charge < -0.3 is 24.9 Å². The van der Waals surface area contributed by atoms with Crippen LogP contribution >= 0.6 is 0 Å². The summed E-state index contributed by atoms with van der Waals surface area (Å²) in [5, 5.41) is 12.5. The summed E-state index contributed by atoms with van der Waals surface area (Å²) in [6.07, 6.45) is 0.818. The molecule has 0 amide bonds. The zero-order valence-corrected chi connectivity index (χ0v) is 13.8. The van der Waals surface area contributed by atoms with Crippen LogP contribution in [0.3, 0.4) is 0 Å². The molecule has 0 aliphatic rings. The fraction of sp³-hybridized carbons (Fsp3) is 0.471. The van der Waals surface area contributed by atoms with E-state index in [4.69, 9.17) is 4.74 Å². The van der Waals surface area contributed by atoms with Crippen molar-refractivity contribution in [1.82, 2.24) is 5.32 Å². The van der Waals surface area contributed by atoms with Gasteiger partial charge in [-0.2, -0.15) is 0 Å². The summed E-state index contributed by atoms with van der Waals surface area (Å²) < 4.78 is 5.71. The van der Waals surface area contributed by atoms with Crippen molar-refractivity contribution in [2.45, 2.75) is 25.5 Å². The van der Waals surface area contributed by atoms with Crippen molar-refractivity contribution in [3.05, 3.63) is 23.8 Å². The molecule has 0 aliphatic carbocycles. The third-order valence-corrected chi connectivity index (χ3v) is 2.91. The maximum Gasteiger partial charge on any atom is 0.142 e. The van der Waals surface area contributed by atoms with Crippen LogP contribution in [0.25, 0.3) is 0 Å². The van der Waals surface area contributed by atoms with Crippen molar-refractivity contribution < 1.29 is 14.6 Å². The van der Waals surface area contributed by atoms with Gasteiger partial charge in [-0.25, -0.2) is 0 Å². The number of hydrogen-bond acceptors (Lipinski definition) is 5. The lowest BCUT2D eigenvalue weighted by molar-refractivity contribution is -0.110. The highest BCUT2D eigenvalue weighted by Gasteiger charge is 2.11. The summed E-state index contributed by atoms with van der Waals surface area (Å²) in [6, 6.07) is 5.20. The fourth-order valence-electron chi connectivity index (χ4n) is 1.66. The third kappa shape index (κ3) is 5.76. The molecule has 1 aromatic carbocycles. The van der Waals surface area contributed by atoms with Crippen LogP contribution in [0.2, 0.25) is 0 Å². The van der Waals surface area contributed by atoms with E-state index in [1.165, 1.54) is 0 Å². The highest BCUT2D eigenvalue weighted by Crippen LogP contribution is 2.28. The van der Waals surface area contributed by atoms with Gasteiger partial charge in [0, 0.05) is 19.7 Å². The van der Waals surface area contributed by atoms with Gasteiger partial charge in [0.05, 0.1) is 11.7 Å². The largest absolute Gasteiger partial charge is 0.489 e. The minimum absolute atomic E-state index is 0.259. The lowest BCUT2D eigenvalue weighted by Crippen LogP contribution is -2.33. The molecule has 0 spiro atoms. The average molecular weight is 304 g/mol. The Hall–Kier alpha value is -2.03. The van der Waals surface area contributed by atoms with E-state index in [1.807, 2.05) is 37.2 Å². The molecule has 0 aliphatic heterocycles. The molecule has 1 atom stereocenters. The summed E-state index contributed by atoms with van der Waals surface area (Å²) >= 11 is 0. The zero-order valence-electron chi connectivity index (χ0n) is 13.8. The first-order valence-electron chi connectivity index (χ1n) is 7.09. The van der Waals surface area contributed by atoms with E-state index < -0.39 is 5.60 Å². The Bertz CT molecular complexity index is 565. The second-order valence-corrected chi connectivity index (χ2v) is 5.73. The molecule has 0 heterocycles. The van der Waals surface area contributed by atoms with Crippen molar-refractivity contribution in [1.29, 1.82) is 0 Å². The number of ether oxygens (including phenoxy) is 1. The van der Waals surface area contributed by atoms with E-state index >= 15 is 0 Å². The number of likely N-dealkylation sites (N-methyl/N-ethyl adjacent to an activating group) is 1. The predicted molar refractivity (Wildman–Crippen MR) is 88.4 cm³/mol. The first kappa shape index (κ1) is 18.0. The van der Waals surface area contributed by atoms with Crippen LogP contribution in [0.5, 0.6) is 5.75 Å². The summed E-state index contributed by atoms with van der Waals surface area (Å²) in [4.78, 5) is 12.7. The molecule has 1 unspecified atom stereocenters. The lowest BCUT2D eigenvalue weighted by atomic mass is 10.1. The molecule has 1 aromatic rings. The van der Waals surface area contributed by atoms with Crippen LogP contribution in [0.1, 0.15) is 19.4 Å². The molecular formula is C17H24N2O3. The van der Waals surface area contributed by atoms with E-state index in [1.54, 1.807) is 20.9 Å². The smallest absolute Gasteiger partial charge is 0.142 e. The average Bonchev–Trinajstić information content (AvgIpc) is 2.45. The molecule has 0 fully saturated rings. The predicted octanol–water partition coefficient (Wildman–Crippen LogP) is 1.04. The van der Waals surface area contributed by atoms with Crippen LogP contribution in [-0.2, 0) is 4.79 Å². The Kier molecular flexibility index (Phi) is 6.41. The molecule has 0 radical (unpaired) electrons. The fourth-order valence-corrected chi connectivity index (χ4v) is 1.66. The van der Waals surface area contributed by atoms with E-state index in [2.05, 4.69) is 17.2 Å². The molecule has 5 nitrogen and oxygen atoms in total. The molecule has 0 bridgehead atoms. The molecule has 0 saturated carbocycles. The number of anilines is 1. The topological polar surface area (TPSA) is 61.8 Å². The van der Waals surface area contributed by atoms with E-state index in [0.29, 0.717) is 5.75 Å². The molecule has 0 aromatic heterocycles. The van der Waals surface area contributed by atoms with Gasteiger partial charge in [-0.3, -0.25) is 0 Å². The quantitative estimate of drug-likeness (QED) is 0.607. The highest BCUT2D eigenvalue weighted by molar-refractivity contribution is 5.62. The maximum atomic E-state index is 10.8. The standard InChI is InChI=1S/C17H24N2O3/c1-17(2,21)9-8-13-6-7-16(15(10-13)19(4)5)22-12-14(11-20)18-3/h6-7,10-11,14,18,21H,12H2,1-5H3. The number of aldehydes is 1. The SMILES string of the molecule is CNC(C=O)COc1ccc(C#CC(C)(C)O)cc1N(C)C. The lowest BCUT2D eigenvalue weighted by Gasteiger charge is -2.19. The summed E-state index contributed by atoms with van der Waals surface area (Å²) in [5.74, 6) is 6.41. The second-order valence-electron chi connectivity index (χ2n) is 5.73. The van der Waals surface area contributed by atoms with E-state index in [-0.39, 0.29) is 12.6 Å². The minimum atomic E-state index is -1.03. The number of carbonyl (C=O) groups excluding carboxylic acids is 1. The zero-order chi connectivity index (χ0) is 16.8. The second kappa shape index (κ2) is 7.83. The third-order valence-electron chi connectivity index (χ3n) is 2.91. The summed E-state index contributed by atoms with van der Waals surface area (Å²) in [6.45, 7) is 3.54. The number of aliphatic hydroxyl groups is 1. The first-order chi connectivity index (χ1) is 10.3. The van der Waals surface area contributed by atoms with Crippen LogP contribution in [0.4, 0.5) is 5.69 Å². The van der Waals surface area contributed by atoms with Gasteiger partial charge in [0.1, 0.15) is 24.2 Å². The summed E-state index contributed by atoms with van der Waals surface area (Å²) in [7, 11) is 5.53. The molecule has 22 heavy (non-hydrogen) atoms. The number of nitrogens with one attached hydrogen (secondary N) is 1.